The highest BCUT2D eigenvalue weighted by molar-refractivity contribution is 6.19. The molecule has 2 amide bonds. The fraction of sp³-hybridized carbons (Fsp3) is 0.381. The zero-order valence-corrected chi connectivity index (χ0v) is 15.9. The maximum atomic E-state index is 13.0. The second-order valence-corrected chi connectivity index (χ2v) is 7.01. The number of rotatable bonds is 4. The van der Waals surface area contributed by atoms with Crippen LogP contribution in [0.3, 0.4) is 0 Å². The van der Waals surface area contributed by atoms with Crippen molar-refractivity contribution >= 4 is 23.6 Å². The van der Waals surface area contributed by atoms with Gasteiger partial charge in [-0.15, -0.1) is 0 Å². The highest BCUT2D eigenvalue weighted by Crippen LogP contribution is 2.28. The molecule has 6 nitrogen and oxygen atoms in total. The van der Waals surface area contributed by atoms with E-state index in [1.54, 1.807) is 13.0 Å². The third-order valence-corrected chi connectivity index (χ3v) is 4.96. The van der Waals surface area contributed by atoms with Crippen molar-refractivity contribution in [2.45, 2.75) is 25.9 Å². The predicted molar refractivity (Wildman–Crippen MR) is 103 cm³/mol. The summed E-state index contributed by atoms with van der Waals surface area (Å²) in [5.74, 6) is -0.903. The third kappa shape index (κ3) is 3.79. The van der Waals surface area contributed by atoms with Gasteiger partial charge >= 0.3 is 0 Å². The van der Waals surface area contributed by atoms with Crippen LogP contribution in [-0.4, -0.2) is 50.1 Å². The second-order valence-electron chi connectivity index (χ2n) is 7.01. The van der Waals surface area contributed by atoms with Crippen LogP contribution in [0.25, 0.3) is 6.08 Å². The Bertz CT molecular complexity index is 854. The summed E-state index contributed by atoms with van der Waals surface area (Å²) < 4.78 is 5.57. The molecule has 0 bridgehead atoms. The van der Waals surface area contributed by atoms with Crippen LogP contribution in [0, 0.1) is 11.3 Å². The van der Waals surface area contributed by atoms with Crippen molar-refractivity contribution in [2.24, 2.45) is 0 Å². The summed E-state index contributed by atoms with van der Waals surface area (Å²) in [5, 5.41) is 9.45. The molecular formula is C21H23N3O3. The van der Waals surface area contributed by atoms with E-state index in [1.165, 1.54) is 0 Å². The van der Waals surface area contributed by atoms with Gasteiger partial charge in [0.25, 0.3) is 11.8 Å². The minimum atomic E-state index is -0.532. The van der Waals surface area contributed by atoms with Crippen molar-refractivity contribution in [3.8, 4) is 6.07 Å². The van der Waals surface area contributed by atoms with E-state index < -0.39 is 5.91 Å². The molecule has 2 aliphatic heterocycles. The lowest BCUT2D eigenvalue weighted by Crippen LogP contribution is -2.46. The number of amides is 2. The molecule has 1 fully saturated rings. The normalized spacial score (nSPS) is 21.8. The zero-order valence-electron chi connectivity index (χ0n) is 15.9. The number of ether oxygens (including phenoxy) is 1. The van der Waals surface area contributed by atoms with Gasteiger partial charge in [0.05, 0.1) is 12.6 Å². The molecule has 0 aliphatic carbocycles. The molecule has 1 atom stereocenters. The van der Waals surface area contributed by atoms with E-state index >= 15 is 0 Å². The Balaban J connectivity index is 1.96. The first-order chi connectivity index (χ1) is 12.9. The van der Waals surface area contributed by atoms with E-state index in [1.807, 2.05) is 49.3 Å². The van der Waals surface area contributed by atoms with Gasteiger partial charge in [-0.1, -0.05) is 12.1 Å². The first-order valence-electron chi connectivity index (χ1n) is 9.00. The molecule has 1 saturated heterocycles. The van der Waals surface area contributed by atoms with Crippen LogP contribution in [0.1, 0.15) is 25.3 Å². The molecule has 2 heterocycles. The molecular weight excluding hydrogens is 342 g/mol. The lowest BCUT2D eigenvalue weighted by Gasteiger charge is -2.29. The number of benzene rings is 1. The van der Waals surface area contributed by atoms with E-state index in [2.05, 4.69) is 0 Å². The van der Waals surface area contributed by atoms with Gasteiger partial charge in [-0.05, 0) is 49.1 Å². The molecule has 0 saturated carbocycles. The fourth-order valence-corrected chi connectivity index (χ4v) is 3.32. The Morgan fingerprint density at radius 3 is 2.52 bits per heavy atom. The molecule has 140 valence electrons. The maximum Gasteiger partial charge on any atom is 0.271 e. The lowest BCUT2D eigenvalue weighted by atomic mass is 9.93. The Morgan fingerprint density at radius 1 is 1.26 bits per heavy atom. The van der Waals surface area contributed by atoms with Crippen molar-refractivity contribution < 1.29 is 14.3 Å². The molecule has 1 unspecified atom stereocenters. The molecule has 3 rings (SSSR count). The molecule has 2 aliphatic rings. The Morgan fingerprint density at radius 2 is 1.96 bits per heavy atom. The van der Waals surface area contributed by atoms with E-state index in [9.17, 15) is 14.9 Å². The number of hydrogen-bond donors (Lipinski definition) is 0. The fourth-order valence-electron chi connectivity index (χ4n) is 3.32. The minimum Gasteiger partial charge on any atom is -0.378 e. The summed E-state index contributed by atoms with van der Waals surface area (Å²) in [5.41, 5.74) is 2.71. The number of imide groups is 1. The second kappa shape index (κ2) is 7.77. The van der Waals surface area contributed by atoms with Crippen LogP contribution in [0.5, 0.6) is 0 Å². The minimum absolute atomic E-state index is 0.0174. The average molecular weight is 365 g/mol. The number of anilines is 1. The zero-order chi connectivity index (χ0) is 19.6. The summed E-state index contributed by atoms with van der Waals surface area (Å²) >= 11 is 0. The highest BCUT2D eigenvalue weighted by atomic mass is 16.5. The van der Waals surface area contributed by atoms with E-state index in [4.69, 9.17) is 4.74 Å². The summed E-state index contributed by atoms with van der Waals surface area (Å²) in [6.07, 6.45) is 3.31. The lowest BCUT2D eigenvalue weighted by molar-refractivity contribution is -0.142. The quantitative estimate of drug-likeness (QED) is 0.605. The topological polar surface area (TPSA) is 73.6 Å². The molecule has 6 heteroatoms. The van der Waals surface area contributed by atoms with Crippen LogP contribution < -0.4 is 4.90 Å². The van der Waals surface area contributed by atoms with Crippen molar-refractivity contribution in [2.75, 3.05) is 32.1 Å². The third-order valence-electron chi connectivity index (χ3n) is 4.96. The summed E-state index contributed by atoms with van der Waals surface area (Å²) in [6, 6.07) is 9.71. The first-order valence-corrected chi connectivity index (χ1v) is 9.00. The number of carbonyl (C=O) groups excluding carboxylic acids is 2. The summed E-state index contributed by atoms with van der Waals surface area (Å²) in [6.45, 7) is 2.48. The van der Waals surface area contributed by atoms with Crippen LogP contribution >= 0.6 is 0 Å². The van der Waals surface area contributed by atoms with Gasteiger partial charge in [0, 0.05) is 32.0 Å². The first kappa shape index (κ1) is 18.9. The molecule has 0 N–H and O–H groups in total. The van der Waals surface area contributed by atoms with Gasteiger partial charge in [0.15, 0.2) is 0 Å². The molecule has 27 heavy (non-hydrogen) atoms. The van der Waals surface area contributed by atoms with Gasteiger partial charge < -0.3 is 9.64 Å². The van der Waals surface area contributed by atoms with E-state index in [-0.39, 0.29) is 24.1 Å². The van der Waals surface area contributed by atoms with E-state index in [0.717, 1.165) is 29.0 Å². The Labute approximate surface area is 159 Å². The Kier molecular flexibility index (Phi) is 5.43. The van der Waals surface area contributed by atoms with Crippen LogP contribution in [-0.2, 0) is 14.3 Å². The number of hydrogen-bond acceptors (Lipinski definition) is 5. The van der Waals surface area contributed by atoms with Crippen LogP contribution in [0.2, 0.25) is 0 Å². The summed E-state index contributed by atoms with van der Waals surface area (Å²) in [4.78, 5) is 28.8. The summed E-state index contributed by atoms with van der Waals surface area (Å²) in [7, 11) is 3.91. The monoisotopic (exact) mass is 365 g/mol. The Hall–Kier alpha value is -2.91. The molecule has 1 aromatic carbocycles. The SMILES string of the molecule is CC1=C(C#N)C(=O)N(CC2CCCO2)C(=O)/C1=C\c1ccc(N(C)C)cc1. The largest absolute Gasteiger partial charge is 0.378 e. The number of carbonyl (C=O) groups is 2. The van der Waals surface area contributed by atoms with Gasteiger partial charge in [-0.3, -0.25) is 14.5 Å². The predicted octanol–water partition coefficient (Wildman–Crippen LogP) is 2.52. The van der Waals surface area contributed by atoms with Crippen molar-refractivity contribution in [3.05, 3.63) is 46.5 Å². The maximum absolute atomic E-state index is 13.0. The van der Waals surface area contributed by atoms with Gasteiger partial charge in [0.1, 0.15) is 11.6 Å². The van der Waals surface area contributed by atoms with E-state index in [0.29, 0.717) is 17.8 Å². The van der Waals surface area contributed by atoms with Crippen molar-refractivity contribution in [1.29, 1.82) is 5.26 Å². The van der Waals surface area contributed by atoms with Gasteiger partial charge in [-0.2, -0.15) is 5.26 Å². The molecule has 0 spiro atoms. The number of nitriles is 1. The number of nitrogens with zero attached hydrogens (tertiary/aromatic N) is 3. The standard InChI is InChI=1S/C21H23N3O3/c1-14-18(11-15-6-8-16(9-7-15)23(2)3)20(25)24(21(26)19(14)12-22)13-17-5-4-10-27-17/h6-9,11,17H,4-5,10,13H2,1-3H3/b18-11-. The van der Waals surface area contributed by atoms with Crippen molar-refractivity contribution in [1.82, 2.24) is 4.90 Å². The van der Waals surface area contributed by atoms with Gasteiger partial charge in [-0.25, -0.2) is 0 Å². The molecule has 1 aromatic rings. The van der Waals surface area contributed by atoms with Gasteiger partial charge in [0.2, 0.25) is 0 Å². The van der Waals surface area contributed by atoms with Crippen molar-refractivity contribution in [3.63, 3.8) is 0 Å². The average Bonchev–Trinajstić information content (AvgIpc) is 3.16. The van der Waals surface area contributed by atoms with Crippen LogP contribution in [0.15, 0.2) is 41.0 Å². The molecule has 0 aromatic heterocycles. The van der Waals surface area contributed by atoms with Crippen LogP contribution in [0.4, 0.5) is 5.69 Å². The molecule has 0 radical (unpaired) electrons. The smallest absolute Gasteiger partial charge is 0.271 e. The highest BCUT2D eigenvalue weighted by Gasteiger charge is 2.37.